The Balaban J connectivity index is 1.92. The van der Waals surface area contributed by atoms with Crippen molar-refractivity contribution in [1.29, 1.82) is 0 Å². The van der Waals surface area contributed by atoms with E-state index in [1.165, 1.54) is 27.9 Å². The van der Waals surface area contributed by atoms with Crippen LogP contribution in [-0.4, -0.2) is 171 Å². The molecule has 21 heteroatoms. The number of carbonyl (C=O) groups is 6. The number of ether oxygens (including phenoxy) is 8. The summed E-state index contributed by atoms with van der Waals surface area (Å²) in [5.41, 5.74) is 0. The first-order valence-corrected chi connectivity index (χ1v) is 15.8. The summed E-state index contributed by atoms with van der Waals surface area (Å²) in [5.74, 6) is 0. The minimum atomic E-state index is -1.78. The lowest BCUT2D eigenvalue weighted by atomic mass is 9.94. The van der Waals surface area contributed by atoms with Gasteiger partial charge in [0.1, 0.15) is 49.0 Å². The van der Waals surface area contributed by atoms with Crippen LogP contribution in [0.4, 0.5) is 0 Å². The molecule has 21 nitrogen and oxygen atoms in total. The van der Waals surface area contributed by atoms with Crippen molar-refractivity contribution in [3.05, 3.63) is 0 Å². The molecule has 3 rings (SSSR count). The Bertz CT molecular complexity index is 1130. The van der Waals surface area contributed by atoms with E-state index in [0.29, 0.717) is 25.5 Å². The molecule has 0 bridgehead atoms. The van der Waals surface area contributed by atoms with E-state index in [2.05, 4.69) is 21.3 Å². The Morgan fingerprint density at radius 2 is 1.12 bits per heavy atom. The molecular formula is C29H46N4O17. The third-order valence-corrected chi connectivity index (χ3v) is 8.74. The van der Waals surface area contributed by atoms with Gasteiger partial charge in [0.25, 0.3) is 0 Å². The molecule has 0 spiro atoms. The van der Waals surface area contributed by atoms with E-state index >= 15 is 0 Å². The van der Waals surface area contributed by atoms with Crippen LogP contribution in [0, 0.1) is 0 Å². The summed E-state index contributed by atoms with van der Waals surface area (Å²) in [4.78, 5) is 68.5. The van der Waals surface area contributed by atoms with Gasteiger partial charge in [0.05, 0.1) is 42.5 Å². The Morgan fingerprint density at radius 1 is 0.620 bits per heavy atom. The predicted octanol–water partition coefficient (Wildman–Crippen LogP) is -5.31. The van der Waals surface area contributed by atoms with Gasteiger partial charge in [-0.3, -0.25) is 24.0 Å². The van der Waals surface area contributed by atoms with Gasteiger partial charge < -0.3 is 79.3 Å². The summed E-state index contributed by atoms with van der Waals surface area (Å²) >= 11 is 0. The molecule has 0 aromatic rings. The number of methoxy groups -OCH3 is 1. The standard InChI is InChI=1S/C29H46N4O17/c1-12(16(6-34)30-8-36)44-17(7-35)48-26-22(41)19(32-10-38)14(3)47-29(26)49-24-20(33-11-39)15(4)45-27(23(24)42)50-25-21(40)18(31-9-37)13(2)46-28(25)43-5/h6-29,40-42H,1-5H3,(H,30,36)(H,31,37)(H,32,38)(H,33,39)/t12?,13-,14-,15?,16+,17-,18-,19-,20-,21?,22?,23-,24?,25?,26?,27-,28+,29-/m1/s1. The molecule has 3 heterocycles. The van der Waals surface area contributed by atoms with Gasteiger partial charge in [-0.15, -0.1) is 0 Å². The molecule has 0 saturated carbocycles. The molecule has 0 aliphatic carbocycles. The summed E-state index contributed by atoms with van der Waals surface area (Å²) in [7, 11) is 1.29. The van der Waals surface area contributed by atoms with Crippen LogP contribution in [-0.2, 0) is 66.7 Å². The first-order chi connectivity index (χ1) is 23.9. The van der Waals surface area contributed by atoms with Crippen molar-refractivity contribution in [2.24, 2.45) is 0 Å². The summed E-state index contributed by atoms with van der Waals surface area (Å²) in [6.45, 7) is 5.97. The average Bonchev–Trinajstić information content (AvgIpc) is 3.09. The second kappa shape index (κ2) is 19.4. The fourth-order valence-electron chi connectivity index (χ4n) is 6.07. The normalized spacial score (nSPS) is 40.6. The number of rotatable bonds is 20. The zero-order valence-corrected chi connectivity index (χ0v) is 27.9. The molecule has 4 amide bonds. The SMILES string of the molecule is CO[C@H]1O[C@H](C)[C@@H](NC=O)C(O)C1O[C@H]1OC(C)[C@@H](NC=O)C(O[C@H]2O[C@H](C)[C@@H](NC=O)C(O)C2O[C@H](C=O)OC(C)[C@H](C=O)NC=O)[C@H]1O. The highest BCUT2D eigenvalue weighted by molar-refractivity contribution is 5.64. The van der Waals surface area contributed by atoms with Crippen LogP contribution in [0.5, 0.6) is 0 Å². The molecule has 7 unspecified atom stereocenters. The lowest BCUT2D eigenvalue weighted by Gasteiger charge is -2.49. The minimum absolute atomic E-state index is 0.201. The van der Waals surface area contributed by atoms with Gasteiger partial charge in [-0.05, 0) is 27.7 Å². The van der Waals surface area contributed by atoms with E-state index in [4.69, 9.17) is 37.9 Å². The molecule has 18 atom stereocenters. The van der Waals surface area contributed by atoms with Gasteiger partial charge in [-0.25, -0.2) is 0 Å². The molecule has 3 saturated heterocycles. The van der Waals surface area contributed by atoms with E-state index in [1.54, 1.807) is 6.92 Å². The Labute approximate surface area is 286 Å². The quantitative estimate of drug-likeness (QED) is 0.0456. The van der Waals surface area contributed by atoms with Crippen molar-refractivity contribution < 1.29 is 82.0 Å². The maximum atomic E-state index is 12.0. The van der Waals surface area contributed by atoms with E-state index in [-0.39, 0.29) is 12.7 Å². The molecule has 0 radical (unpaired) electrons. The first kappa shape index (κ1) is 41.2. The zero-order valence-electron chi connectivity index (χ0n) is 27.9. The van der Waals surface area contributed by atoms with Crippen LogP contribution >= 0.6 is 0 Å². The number of nitrogens with one attached hydrogen (secondary N) is 4. The van der Waals surface area contributed by atoms with Crippen molar-refractivity contribution in [2.75, 3.05) is 7.11 Å². The van der Waals surface area contributed by atoms with E-state index in [9.17, 15) is 44.1 Å². The van der Waals surface area contributed by atoms with Gasteiger partial charge in [0.15, 0.2) is 25.2 Å². The number of hydrogen-bond acceptors (Lipinski definition) is 17. The van der Waals surface area contributed by atoms with Crippen molar-refractivity contribution in [3.8, 4) is 0 Å². The summed E-state index contributed by atoms with van der Waals surface area (Å²) in [5, 5.41) is 43.6. The van der Waals surface area contributed by atoms with Gasteiger partial charge in [-0.2, -0.15) is 0 Å². The monoisotopic (exact) mass is 722 g/mol. The fourth-order valence-corrected chi connectivity index (χ4v) is 6.07. The van der Waals surface area contributed by atoms with Crippen LogP contribution in [0.3, 0.4) is 0 Å². The van der Waals surface area contributed by atoms with Crippen LogP contribution in [0.2, 0.25) is 0 Å². The summed E-state index contributed by atoms with van der Waals surface area (Å²) in [6.07, 6.45) is -17.3. The molecule has 284 valence electrons. The Kier molecular flexibility index (Phi) is 16.0. The molecule has 0 aromatic carbocycles. The first-order valence-electron chi connectivity index (χ1n) is 15.8. The van der Waals surface area contributed by atoms with Crippen molar-refractivity contribution in [2.45, 2.75) is 138 Å². The maximum Gasteiger partial charge on any atom is 0.215 e. The molecule has 7 N–H and O–H groups in total. The van der Waals surface area contributed by atoms with Crippen molar-refractivity contribution in [1.82, 2.24) is 21.3 Å². The van der Waals surface area contributed by atoms with E-state index < -0.39 is 110 Å². The zero-order chi connectivity index (χ0) is 37.1. The molecule has 3 aliphatic heterocycles. The predicted molar refractivity (Wildman–Crippen MR) is 161 cm³/mol. The molecule has 0 aromatic heterocycles. The van der Waals surface area contributed by atoms with E-state index in [1.807, 2.05) is 0 Å². The third-order valence-electron chi connectivity index (χ3n) is 8.74. The lowest BCUT2D eigenvalue weighted by molar-refractivity contribution is -0.367. The summed E-state index contributed by atoms with van der Waals surface area (Å²) in [6, 6.07) is -4.31. The molecule has 3 fully saturated rings. The Hall–Kier alpha value is -3.22. The molecular weight excluding hydrogens is 676 g/mol. The van der Waals surface area contributed by atoms with Gasteiger partial charge in [-0.1, -0.05) is 0 Å². The molecule has 3 aliphatic rings. The third kappa shape index (κ3) is 9.55. The van der Waals surface area contributed by atoms with Gasteiger partial charge in [0, 0.05) is 7.11 Å². The maximum absolute atomic E-state index is 12.0. The largest absolute Gasteiger partial charge is 0.388 e. The number of amides is 4. The Morgan fingerprint density at radius 3 is 1.64 bits per heavy atom. The fraction of sp³-hybridized carbons (Fsp3) is 0.793. The van der Waals surface area contributed by atoms with Crippen LogP contribution < -0.4 is 21.3 Å². The van der Waals surface area contributed by atoms with Crippen molar-refractivity contribution in [3.63, 3.8) is 0 Å². The highest BCUT2D eigenvalue weighted by atomic mass is 16.8. The number of aliphatic hydroxyl groups is 3. The highest BCUT2D eigenvalue weighted by Crippen LogP contribution is 2.33. The topological polar surface area (TPSA) is 285 Å². The van der Waals surface area contributed by atoms with E-state index in [0.717, 1.165) is 0 Å². The van der Waals surface area contributed by atoms with Gasteiger partial charge in [0.2, 0.25) is 31.9 Å². The smallest absolute Gasteiger partial charge is 0.215 e. The number of aldehydes is 2. The van der Waals surface area contributed by atoms with Crippen molar-refractivity contribution >= 4 is 38.2 Å². The minimum Gasteiger partial charge on any atom is -0.388 e. The van der Waals surface area contributed by atoms with Crippen LogP contribution in [0.1, 0.15) is 27.7 Å². The molecule has 50 heavy (non-hydrogen) atoms. The van der Waals surface area contributed by atoms with Crippen LogP contribution in [0.15, 0.2) is 0 Å². The number of carbonyl (C=O) groups excluding carboxylic acids is 6. The van der Waals surface area contributed by atoms with Gasteiger partial charge >= 0.3 is 0 Å². The number of aliphatic hydroxyl groups excluding tert-OH is 3. The second-order valence-corrected chi connectivity index (χ2v) is 11.9. The average molecular weight is 723 g/mol. The lowest BCUT2D eigenvalue weighted by Crippen LogP contribution is -2.69. The summed E-state index contributed by atoms with van der Waals surface area (Å²) < 4.78 is 46.3. The number of hydrogen-bond donors (Lipinski definition) is 7. The second-order valence-electron chi connectivity index (χ2n) is 11.9. The van der Waals surface area contributed by atoms with Crippen LogP contribution in [0.25, 0.3) is 0 Å². The highest BCUT2D eigenvalue weighted by Gasteiger charge is 2.54.